The molecule has 3 rings (SSSR count). The first-order chi connectivity index (χ1) is 6.38. The van der Waals surface area contributed by atoms with Crippen molar-refractivity contribution in [1.82, 2.24) is 9.36 Å². The van der Waals surface area contributed by atoms with E-state index in [1.807, 2.05) is 0 Å². The van der Waals surface area contributed by atoms with E-state index in [2.05, 4.69) is 9.36 Å². The molecule has 13 heavy (non-hydrogen) atoms. The zero-order valence-corrected chi connectivity index (χ0v) is 8.60. The Morgan fingerprint density at radius 3 is 3.15 bits per heavy atom. The largest absolute Gasteiger partial charge is 0.343 e. The van der Waals surface area contributed by atoms with Crippen molar-refractivity contribution in [2.45, 2.75) is 19.3 Å². The Hall–Kier alpha value is -0.740. The molecule has 2 nitrogen and oxygen atoms in total. The Labute approximate surface area is 84.4 Å². The Kier molecular flexibility index (Phi) is 1.54. The molecular weight excluding hydrogens is 200 g/mol. The number of aromatic nitrogens is 2. The van der Waals surface area contributed by atoms with Crippen LogP contribution < -0.4 is 0 Å². The van der Waals surface area contributed by atoms with Crippen LogP contribution in [0.25, 0.3) is 0 Å². The summed E-state index contributed by atoms with van der Waals surface area (Å²) in [7, 11) is 0. The summed E-state index contributed by atoms with van der Waals surface area (Å²) in [5.41, 5.74) is 2.85. The predicted molar refractivity (Wildman–Crippen MR) is 54.6 cm³/mol. The van der Waals surface area contributed by atoms with E-state index in [0.717, 1.165) is 16.3 Å². The van der Waals surface area contributed by atoms with Crippen LogP contribution in [0.2, 0.25) is 0 Å². The number of hydrogen-bond acceptors (Lipinski definition) is 3. The second-order valence-electron chi connectivity index (χ2n) is 3.31. The minimum absolute atomic E-state index is 1.03. The summed E-state index contributed by atoms with van der Waals surface area (Å²) in [6.07, 6.45) is 5.31. The quantitative estimate of drug-likeness (QED) is 0.673. The first-order valence-electron chi connectivity index (χ1n) is 4.34. The van der Waals surface area contributed by atoms with Crippen LogP contribution in [0.1, 0.15) is 17.5 Å². The Balaban J connectivity index is 2.63. The van der Waals surface area contributed by atoms with Gasteiger partial charge in [0, 0.05) is 0 Å². The summed E-state index contributed by atoms with van der Waals surface area (Å²) >= 11 is 6.96. The number of rotatable bonds is 0. The van der Waals surface area contributed by atoms with Crippen molar-refractivity contribution in [3.63, 3.8) is 0 Å². The first kappa shape index (κ1) is 7.64. The van der Waals surface area contributed by atoms with E-state index in [4.69, 9.17) is 12.2 Å². The number of nitrogens with zero attached hydrogens (tertiary/aromatic N) is 1. The third kappa shape index (κ3) is 0.928. The molecule has 1 N–H and O–H groups in total. The zero-order valence-electron chi connectivity index (χ0n) is 6.96. The van der Waals surface area contributed by atoms with E-state index in [9.17, 15) is 0 Å². The molecular formula is C9H8N2S2. The van der Waals surface area contributed by atoms with E-state index in [-0.39, 0.29) is 0 Å². The van der Waals surface area contributed by atoms with Crippen LogP contribution in [0.3, 0.4) is 0 Å². The lowest BCUT2D eigenvalue weighted by Gasteiger charge is -1.87. The molecule has 66 valence electrons. The normalized spacial score (nSPS) is 15.1. The summed E-state index contributed by atoms with van der Waals surface area (Å²) in [6.45, 7) is 0. The fraction of sp³-hybridized carbons (Fsp3) is 0.333. The summed E-state index contributed by atoms with van der Waals surface area (Å²) in [5, 5.41) is 1.12. The second kappa shape index (κ2) is 2.62. The monoisotopic (exact) mass is 208 g/mol. The molecule has 0 spiro atoms. The molecule has 0 unspecified atom stereocenters. The van der Waals surface area contributed by atoms with Gasteiger partial charge in [0.15, 0.2) is 0 Å². The summed E-state index contributed by atoms with van der Waals surface area (Å²) in [6, 6.07) is 0. The summed E-state index contributed by atoms with van der Waals surface area (Å²) in [4.78, 5) is 3.14. The fourth-order valence-electron chi connectivity index (χ4n) is 2.05. The van der Waals surface area contributed by atoms with Crippen LogP contribution in [0, 0.1) is 14.4 Å². The average molecular weight is 208 g/mol. The van der Waals surface area contributed by atoms with Gasteiger partial charge in [-0.3, -0.25) is 0 Å². The first-order valence-corrected chi connectivity index (χ1v) is 5.53. The maximum absolute atomic E-state index is 5.40. The van der Waals surface area contributed by atoms with Crippen molar-refractivity contribution in [1.29, 1.82) is 0 Å². The lowest BCUT2D eigenvalue weighted by atomic mass is 10.2. The molecule has 0 atom stereocenters. The standard InChI is InChI=1S/C9H8N2S2/c12-8-5-2-1-3-6(5)9-7(8)10-4-11-13-9/h4H,1-3H2,(H,10,11). The van der Waals surface area contributed by atoms with Gasteiger partial charge in [-0.15, -0.1) is 0 Å². The van der Waals surface area contributed by atoms with Gasteiger partial charge in [0.1, 0.15) is 6.33 Å². The van der Waals surface area contributed by atoms with Crippen LogP contribution in [0.5, 0.6) is 0 Å². The molecule has 1 heterocycles. The Bertz CT molecular complexity index is 566. The molecule has 0 saturated carbocycles. The highest BCUT2D eigenvalue weighted by Gasteiger charge is 2.17. The fourth-order valence-corrected chi connectivity index (χ4v) is 3.30. The van der Waals surface area contributed by atoms with Crippen LogP contribution >= 0.6 is 23.8 Å². The molecule has 0 aromatic carbocycles. The highest BCUT2D eigenvalue weighted by molar-refractivity contribution is 7.71. The SMILES string of the molecule is S=c1c2c(c3snc[nH]c1=3)CCC2. The van der Waals surface area contributed by atoms with Gasteiger partial charge in [-0.2, -0.15) is 4.37 Å². The van der Waals surface area contributed by atoms with Crippen LogP contribution in [-0.4, -0.2) is 9.36 Å². The Morgan fingerprint density at radius 2 is 2.23 bits per heavy atom. The number of hydrogen-bond donors (Lipinski definition) is 1. The average Bonchev–Trinajstić information content (AvgIpc) is 2.72. The van der Waals surface area contributed by atoms with Gasteiger partial charge in [-0.05, 0) is 41.9 Å². The second-order valence-corrected chi connectivity index (χ2v) is 4.52. The van der Waals surface area contributed by atoms with Gasteiger partial charge in [0.25, 0.3) is 0 Å². The smallest absolute Gasteiger partial charge is 0.106 e. The molecule has 0 aromatic heterocycles. The molecule has 4 heteroatoms. The van der Waals surface area contributed by atoms with Crippen molar-refractivity contribution < 1.29 is 0 Å². The third-order valence-corrected chi connectivity index (χ3v) is 3.92. The summed E-state index contributed by atoms with van der Waals surface area (Å²) < 4.78 is 6.45. The minimum Gasteiger partial charge on any atom is -0.343 e. The lowest BCUT2D eigenvalue weighted by molar-refractivity contribution is 0.903. The highest BCUT2D eigenvalue weighted by atomic mass is 32.1. The molecule has 0 radical (unpaired) electrons. The molecule has 0 saturated heterocycles. The maximum Gasteiger partial charge on any atom is 0.106 e. The maximum atomic E-state index is 5.40. The Morgan fingerprint density at radius 1 is 1.38 bits per heavy atom. The van der Waals surface area contributed by atoms with Crippen molar-refractivity contribution in [3.8, 4) is 0 Å². The molecule has 2 aliphatic carbocycles. The molecule has 0 fully saturated rings. The van der Waals surface area contributed by atoms with Crippen LogP contribution in [0.15, 0.2) is 6.33 Å². The van der Waals surface area contributed by atoms with Gasteiger partial charge in [-0.1, -0.05) is 12.2 Å². The topological polar surface area (TPSA) is 28.7 Å². The van der Waals surface area contributed by atoms with E-state index < -0.39 is 0 Å². The van der Waals surface area contributed by atoms with Gasteiger partial charge in [0.05, 0.1) is 14.4 Å². The third-order valence-electron chi connectivity index (χ3n) is 2.63. The van der Waals surface area contributed by atoms with Crippen molar-refractivity contribution >= 4 is 23.8 Å². The van der Waals surface area contributed by atoms with E-state index in [1.165, 1.54) is 28.5 Å². The zero-order chi connectivity index (χ0) is 8.84. The highest BCUT2D eigenvalue weighted by Crippen LogP contribution is 2.27. The molecule has 0 aromatic rings. The minimum atomic E-state index is 1.03. The van der Waals surface area contributed by atoms with Crippen LogP contribution in [-0.2, 0) is 12.8 Å². The lowest BCUT2D eigenvalue weighted by Crippen LogP contribution is -1.80. The van der Waals surface area contributed by atoms with Gasteiger partial charge in [0.2, 0.25) is 0 Å². The van der Waals surface area contributed by atoms with Crippen molar-refractivity contribution in [3.05, 3.63) is 31.8 Å². The molecule has 3 aliphatic rings. The van der Waals surface area contributed by atoms with E-state index in [1.54, 1.807) is 17.9 Å². The summed E-state index contributed by atoms with van der Waals surface area (Å²) in [5.74, 6) is 0. The number of H-pyrrole nitrogens is 1. The van der Waals surface area contributed by atoms with Crippen LogP contribution in [0.4, 0.5) is 0 Å². The van der Waals surface area contributed by atoms with Gasteiger partial charge >= 0.3 is 0 Å². The van der Waals surface area contributed by atoms with Gasteiger partial charge in [-0.25, -0.2) is 0 Å². The number of fused-ring (bicyclic) bond motifs is 2. The van der Waals surface area contributed by atoms with E-state index >= 15 is 0 Å². The number of aromatic amines is 1. The number of nitrogens with one attached hydrogen (secondary N) is 1. The predicted octanol–water partition coefficient (Wildman–Crippen LogP) is 2.41. The van der Waals surface area contributed by atoms with Crippen molar-refractivity contribution in [2.75, 3.05) is 0 Å². The molecule has 1 aliphatic heterocycles. The molecule has 0 bridgehead atoms. The van der Waals surface area contributed by atoms with E-state index in [0.29, 0.717) is 0 Å². The van der Waals surface area contributed by atoms with Crippen molar-refractivity contribution in [2.24, 2.45) is 0 Å². The van der Waals surface area contributed by atoms with Gasteiger partial charge < -0.3 is 4.98 Å². The molecule has 0 amide bonds.